The van der Waals surface area contributed by atoms with Crippen molar-refractivity contribution in [2.24, 2.45) is 5.73 Å². The summed E-state index contributed by atoms with van der Waals surface area (Å²) in [6, 6.07) is 0. The van der Waals surface area contributed by atoms with Crippen molar-refractivity contribution < 1.29 is 9.53 Å². The molecule has 2 heterocycles. The monoisotopic (exact) mass is 243 g/mol. The number of ether oxygens (including phenoxy) is 1. The van der Waals surface area contributed by atoms with E-state index in [1.54, 1.807) is 0 Å². The third-order valence-corrected chi connectivity index (χ3v) is 1.84. The Morgan fingerprint density at radius 3 is 3.00 bits per heavy atom. The smallest absolute Gasteiger partial charge is 0.341 e. The van der Waals surface area contributed by atoms with E-state index in [4.69, 9.17) is 5.73 Å². The Labute approximate surface area is 97.0 Å². The molecule has 0 unspecified atom stereocenters. The zero-order valence-corrected chi connectivity index (χ0v) is 9.27. The van der Waals surface area contributed by atoms with Gasteiger partial charge in [0.05, 0.1) is 19.2 Å². The number of esters is 1. The Morgan fingerprint density at radius 2 is 2.38 bits per heavy atom. The molecule has 0 saturated heterocycles. The summed E-state index contributed by atoms with van der Waals surface area (Å²) in [6.07, 6.45) is 2.89. The van der Waals surface area contributed by atoms with Crippen molar-refractivity contribution >= 4 is 24.2 Å². The first-order valence-electron chi connectivity index (χ1n) is 4.24. The van der Waals surface area contributed by atoms with E-state index in [9.17, 15) is 4.79 Å². The molecule has 0 atom stereocenters. The van der Waals surface area contributed by atoms with Gasteiger partial charge in [-0.3, -0.25) is 0 Å². The molecule has 8 heteroatoms. The third kappa shape index (κ3) is 2.10. The van der Waals surface area contributed by atoms with Gasteiger partial charge in [-0.2, -0.15) is 4.98 Å². The fourth-order valence-electron chi connectivity index (χ4n) is 1.13. The summed E-state index contributed by atoms with van der Waals surface area (Å²) in [5.41, 5.74) is 5.70. The van der Waals surface area contributed by atoms with E-state index < -0.39 is 5.97 Å². The molecule has 2 N–H and O–H groups in total. The average molecular weight is 244 g/mol. The second-order valence-corrected chi connectivity index (χ2v) is 2.81. The maximum atomic E-state index is 11.2. The fourth-order valence-corrected chi connectivity index (χ4v) is 1.13. The van der Waals surface area contributed by atoms with Gasteiger partial charge >= 0.3 is 5.97 Å². The first kappa shape index (κ1) is 12.3. The van der Waals surface area contributed by atoms with Gasteiger partial charge in [0.25, 0.3) is 5.78 Å². The lowest BCUT2D eigenvalue weighted by molar-refractivity contribution is 0.0599. The van der Waals surface area contributed by atoms with Crippen LogP contribution in [0.5, 0.6) is 0 Å². The van der Waals surface area contributed by atoms with Crippen LogP contribution in [0.25, 0.3) is 5.78 Å². The molecule has 86 valence electrons. The van der Waals surface area contributed by atoms with Crippen molar-refractivity contribution in [2.45, 2.75) is 6.54 Å². The van der Waals surface area contributed by atoms with Crippen LogP contribution >= 0.6 is 12.4 Å². The third-order valence-electron chi connectivity index (χ3n) is 1.84. The Balaban J connectivity index is 0.00000128. The number of nitrogens with two attached hydrogens (primary N) is 1. The highest BCUT2D eigenvalue weighted by Gasteiger charge is 2.09. The van der Waals surface area contributed by atoms with Gasteiger partial charge in [0.1, 0.15) is 0 Å². The molecule has 2 aromatic heterocycles. The lowest BCUT2D eigenvalue weighted by Gasteiger charge is -1.97. The summed E-state index contributed by atoms with van der Waals surface area (Å²) in [5, 5.41) is 4.02. The second-order valence-electron chi connectivity index (χ2n) is 2.81. The lowest BCUT2D eigenvalue weighted by atomic mass is 10.3. The molecule has 0 aliphatic carbocycles. The van der Waals surface area contributed by atoms with E-state index in [-0.39, 0.29) is 19.0 Å². The van der Waals surface area contributed by atoms with Crippen LogP contribution in [-0.2, 0) is 11.3 Å². The predicted octanol–water partition coefficient (Wildman–Crippen LogP) is -0.209. The molecule has 0 aliphatic rings. The zero-order valence-electron chi connectivity index (χ0n) is 8.45. The summed E-state index contributed by atoms with van der Waals surface area (Å²) in [5.74, 6) is 0.418. The van der Waals surface area contributed by atoms with Crippen molar-refractivity contribution in [2.75, 3.05) is 7.11 Å². The van der Waals surface area contributed by atoms with E-state index >= 15 is 0 Å². The molecule has 0 fully saturated rings. The largest absolute Gasteiger partial charge is 0.465 e. The molecule has 0 aliphatic heterocycles. The molecule has 0 bridgehead atoms. The van der Waals surface area contributed by atoms with E-state index in [0.29, 0.717) is 17.2 Å². The highest BCUT2D eigenvalue weighted by Crippen LogP contribution is 2.02. The summed E-state index contributed by atoms with van der Waals surface area (Å²) in [7, 11) is 1.30. The Kier molecular flexibility index (Phi) is 3.75. The number of nitrogens with zero attached hydrogens (tertiary/aromatic N) is 4. The van der Waals surface area contributed by atoms with Crippen molar-refractivity contribution in [1.82, 2.24) is 19.6 Å². The van der Waals surface area contributed by atoms with Crippen molar-refractivity contribution in [3.05, 3.63) is 23.8 Å². The Hall–Kier alpha value is -1.73. The van der Waals surface area contributed by atoms with Gasteiger partial charge in [-0.25, -0.2) is 14.3 Å². The van der Waals surface area contributed by atoms with Gasteiger partial charge in [0, 0.05) is 12.4 Å². The number of rotatable bonds is 2. The van der Waals surface area contributed by atoms with Crippen LogP contribution in [0.3, 0.4) is 0 Å². The van der Waals surface area contributed by atoms with E-state index in [1.807, 2.05) is 0 Å². The molecule has 0 saturated carbocycles. The summed E-state index contributed by atoms with van der Waals surface area (Å²) in [4.78, 5) is 19.2. The molecular weight excluding hydrogens is 234 g/mol. The minimum Gasteiger partial charge on any atom is -0.465 e. The number of fused-ring (bicyclic) bond motifs is 1. The van der Waals surface area contributed by atoms with Gasteiger partial charge in [-0.15, -0.1) is 17.5 Å². The van der Waals surface area contributed by atoms with Crippen molar-refractivity contribution in [1.29, 1.82) is 0 Å². The van der Waals surface area contributed by atoms with E-state index in [1.165, 1.54) is 24.0 Å². The molecule has 0 amide bonds. The zero-order chi connectivity index (χ0) is 10.8. The molecular formula is C8H10ClN5O2. The molecule has 2 aromatic rings. The van der Waals surface area contributed by atoms with Gasteiger partial charge in [-0.1, -0.05) is 0 Å². The van der Waals surface area contributed by atoms with Crippen LogP contribution < -0.4 is 5.73 Å². The standard InChI is InChI=1S/C8H9N5O2.ClH/c1-15-7(14)5-3-10-8-11-6(2-9)12-13(8)4-5;/h3-4H,2,9H2,1H3;1H. The molecule has 0 aromatic carbocycles. The number of hydrogen-bond donors (Lipinski definition) is 1. The normalized spacial score (nSPS) is 9.88. The number of aromatic nitrogens is 4. The number of methoxy groups -OCH3 is 1. The molecule has 16 heavy (non-hydrogen) atoms. The number of carbonyl (C=O) groups excluding carboxylic acids is 1. The highest BCUT2D eigenvalue weighted by atomic mass is 35.5. The molecule has 0 radical (unpaired) electrons. The summed E-state index contributed by atoms with van der Waals surface area (Å²) >= 11 is 0. The quantitative estimate of drug-likeness (QED) is 0.734. The molecule has 0 spiro atoms. The van der Waals surface area contributed by atoms with E-state index in [0.717, 1.165) is 0 Å². The number of carbonyl (C=O) groups is 1. The molecule has 7 nitrogen and oxygen atoms in total. The van der Waals surface area contributed by atoms with Crippen LogP contribution in [0, 0.1) is 0 Å². The molecule has 2 rings (SSSR count). The minimum atomic E-state index is -0.464. The van der Waals surface area contributed by atoms with Gasteiger partial charge < -0.3 is 10.5 Å². The maximum absolute atomic E-state index is 11.2. The summed E-state index contributed by atoms with van der Waals surface area (Å²) < 4.78 is 5.95. The van der Waals surface area contributed by atoms with Crippen LogP contribution in [-0.4, -0.2) is 32.7 Å². The Morgan fingerprint density at radius 1 is 1.62 bits per heavy atom. The van der Waals surface area contributed by atoms with Gasteiger partial charge in [0.2, 0.25) is 0 Å². The average Bonchev–Trinajstić information content (AvgIpc) is 2.69. The van der Waals surface area contributed by atoms with Gasteiger partial charge in [-0.05, 0) is 0 Å². The van der Waals surface area contributed by atoms with E-state index in [2.05, 4.69) is 19.8 Å². The highest BCUT2D eigenvalue weighted by molar-refractivity contribution is 5.88. The number of hydrogen-bond acceptors (Lipinski definition) is 6. The second kappa shape index (κ2) is 4.86. The van der Waals surface area contributed by atoms with Crippen LogP contribution in [0.15, 0.2) is 12.4 Å². The lowest BCUT2D eigenvalue weighted by Crippen LogP contribution is -2.04. The first-order chi connectivity index (χ1) is 7.24. The summed E-state index contributed by atoms with van der Waals surface area (Å²) in [6.45, 7) is 0.233. The SMILES string of the molecule is COC(=O)c1cnc2nc(CN)nn2c1.Cl. The maximum Gasteiger partial charge on any atom is 0.341 e. The Bertz CT molecular complexity index is 512. The number of halogens is 1. The van der Waals surface area contributed by atoms with Crippen LogP contribution in [0.1, 0.15) is 16.2 Å². The van der Waals surface area contributed by atoms with Crippen LogP contribution in [0.2, 0.25) is 0 Å². The van der Waals surface area contributed by atoms with Crippen molar-refractivity contribution in [3.63, 3.8) is 0 Å². The van der Waals surface area contributed by atoms with Gasteiger partial charge in [0.15, 0.2) is 5.82 Å². The van der Waals surface area contributed by atoms with Crippen LogP contribution in [0.4, 0.5) is 0 Å². The fraction of sp³-hybridized carbons (Fsp3) is 0.250. The topological polar surface area (TPSA) is 95.4 Å². The first-order valence-corrected chi connectivity index (χ1v) is 4.24. The van der Waals surface area contributed by atoms with Crippen molar-refractivity contribution in [3.8, 4) is 0 Å². The predicted molar refractivity (Wildman–Crippen MR) is 57.3 cm³/mol. The minimum absolute atomic E-state index is 0.